The van der Waals surface area contributed by atoms with Crippen LogP contribution in [0.1, 0.15) is 42.5 Å². The number of hydrogen-bond donors (Lipinski definition) is 0. The van der Waals surface area contributed by atoms with Crippen LogP contribution in [0.2, 0.25) is 0 Å². The molecule has 0 bridgehead atoms. The predicted octanol–water partition coefficient (Wildman–Crippen LogP) is 2.68. The minimum Gasteiger partial charge on any atom is -0.338 e. The number of alkyl halides is 1. The van der Waals surface area contributed by atoms with E-state index in [1.54, 1.807) is 17.0 Å². The lowest BCUT2D eigenvalue weighted by Crippen LogP contribution is -2.40. The molecule has 0 spiro atoms. The van der Waals surface area contributed by atoms with Crippen molar-refractivity contribution < 1.29 is 17.6 Å². The zero-order valence-corrected chi connectivity index (χ0v) is 15.2. The van der Waals surface area contributed by atoms with Gasteiger partial charge in [-0.2, -0.15) is 4.31 Å². The molecule has 0 aliphatic carbocycles. The summed E-state index contributed by atoms with van der Waals surface area (Å²) in [5, 5.41) is 0. The molecule has 7 heteroatoms. The van der Waals surface area contributed by atoms with Crippen molar-refractivity contribution in [3.8, 4) is 0 Å². The van der Waals surface area contributed by atoms with Crippen LogP contribution in [0, 0.1) is 5.92 Å². The van der Waals surface area contributed by atoms with Gasteiger partial charge in [-0.25, -0.2) is 8.42 Å². The number of nitrogens with zero attached hydrogens (tertiary/aromatic N) is 2. The SMILES string of the molecule is O=C(c1ccc(S(=O)(=O)N2CCCCC2)cc1)N1CCCC(CF)C1. The normalized spacial score (nSPS) is 22.8. The predicted molar refractivity (Wildman–Crippen MR) is 93.7 cm³/mol. The lowest BCUT2D eigenvalue weighted by Gasteiger charge is -2.31. The molecular weight excluding hydrogens is 343 g/mol. The van der Waals surface area contributed by atoms with Crippen LogP contribution in [0.25, 0.3) is 0 Å². The van der Waals surface area contributed by atoms with E-state index in [1.807, 2.05) is 0 Å². The van der Waals surface area contributed by atoms with Crippen LogP contribution < -0.4 is 0 Å². The van der Waals surface area contributed by atoms with Crippen LogP contribution in [0.15, 0.2) is 29.2 Å². The minimum absolute atomic E-state index is 0.0866. The summed E-state index contributed by atoms with van der Waals surface area (Å²) in [5.74, 6) is -0.239. The van der Waals surface area contributed by atoms with E-state index in [4.69, 9.17) is 0 Å². The number of rotatable bonds is 4. The van der Waals surface area contributed by atoms with Gasteiger partial charge in [0.15, 0.2) is 0 Å². The molecule has 0 aromatic heterocycles. The zero-order chi connectivity index (χ0) is 17.9. The second-order valence-electron chi connectivity index (χ2n) is 6.90. The Morgan fingerprint density at radius 3 is 2.36 bits per heavy atom. The Hall–Kier alpha value is -1.47. The number of carbonyl (C=O) groups is 1. The van der Waals surface area contributed by atoms with E-state index in [0.717, 1.165) is 32.1 Å². The highest BCUT2D eigenvalue weighted by Gasteiger charge is 2.27. The molecule has 1 amide bonds. The van der Waals surface area contributed by atoms with Gasteiger partial charge in [0, 0.05) is 37.7 Å². The number of carbonyl (C=O) groups excluding carboxylic acids is 1. The number of halogens is 1. The van der Waals surface area contributed by atoms with Gasteiger partial charge >= 0.3 is 0 Å². The third-order valence-electron chi connectivity index (χ3n) is 5.08. The molecule has 1 unspecified atom stereocenters. The monoisotopic (exact) mass is 368 g/mol. The molecule has 0 N–H and O–H groups in total. The first-order valence-electron chi connectivity index (χ1n) is 8.98. The maximum Gasteiger partial charge on any atom is 0.253 e. The highest BCUT2D eigenvalue weighted by atomic mass is 32.2. The second kappa shape index (κ2) is 7.83. The number of benzene rings is 1. The Morgan fingerprint density at radius 1 is 1.04 bits per heavy atom. The van der Waals surface area contributed by atoms with E-state index in [2.05, 4.69) is 0 Å². The summed E-state index contributed by atoms with van der Waals surface area (Å²) < 4.78 is 39.7. The van der Waals surface area contributed by atoms with Crippen LogP contribution in [0.3, 0.4) is 0 Å². The van der Waals surface area contributed by atoms with Crippen molar-refractivity contribution in [3.63, 3.8) is 0 Å². The molecule has 2 saturated heterocycles. The van der Waals surface area contributed by atoms with Crippen molar-refractivity contribution in [2.75, 3.05) is 32.9 Å². The lowest BCUT2D eigenvalue weighted by molar-refractivity contribution is 0.0656. The lowest BCUT2D eigenvalue weighted by atomic mass is 9.99. The van der Waals surface area contributed by atoms with Gasteiger partial charge in [-0.05, 0) is 49.9 Å². The van der Waals surface area contributed by atoms with E-state index in [9.17, 15) is 17.6 Å². The number of hydrogen-bond acceptors (Lipinski definition) is 3. The molecule has 2 heterocycles. The molecule has 1 aromatic carbocycles. The van der Waals surface area contributed by atoms with E-state index in [1.165, 1.54) is 16.4 Å². The van der Waals surface area contributed by atoms with Crippen molar-refractivity contribution >= 4 is 15.9 Å². The molecule has 1 atom stereocenters. The summed E-state index contributed by atoms with van der Waals surface area (Å²) in [6.45, 7) is 1.77. The van der Waals surface area contributed by atoms with E-state index in [0.29, 0.717) is 31.7 Å². The third-order valence-corrected chi connectivity index (χ3v) is 6.99. The molecule has 0 saturated carbocycles. The van der Waals surface area contributed by atoms with E-state index >= 15 is 0 Å². The van der Waals surface area contributed by atoms with Gasteiger partial charge < -0.3 is 4.90 Å². The summed E-state index contributed by atoms with van der Waals surface area (Å²) >= 11 is 0. The molecule has 3 rings (SSSR count). The quantitative estimate of drug-likeness (QED) is 0.821. The van der Waals surface area contributed by atoms with Crippen LogP contribution in [-0.4, -0.2) is 56.4 Å². The van der Waals surface area contributed by atoms with Gasteiger partial charge in [-0.15, -0.1) is 0 Å². The van der Waals surface area contributed by atoms with Gasteiger partial charge in [-0.3, -0.25) is 9.18 Å². The van der Waals surface area contributed by atoms with Crippen molar-refractivity contribution in [1.82, 2.24) is 9.21 Å². The van der Waals surface area contributed by atoms with Gasteiger partial charge in [0.1, 0.15) is 0 Å². The highest BCUT2D eigenvalue weighted by molar-refractivity contribution is 7.89. The maximum atomic E-state index is 12.9. The van der Waals surface area contributed by atoms with Crippen molar-refractivity contribution in [1.29, 1.82) is 0 Å². The molecule has 138 valence electrons. The van der Waals surface area contributed by atoms with Crippen LogP contribution >= 0.6 is 0 Å². The number of likely N-dealkylation sites (tertiary alicyclic amines) is 1. The molecule has 25 heavy (non-hydrogen) atoms. The maximum absolute atomic E-state index is 12.9. The average molecular weight is 368 g/mol. The molecule has 2 aliphatic rings. The van der Waals surface area contributed by atoms with Crippen LogP contribution in [0.5, 0.6) is 0 Å². The van der Waals surface area contributed by atoms with Crippen molar-refractivity contribution in [3.05, 3.63) is 29.8 Å². The Labute approximate surface area is 148 Å². The summed E-state index contributed by atoms with van der Waals surface area (Å²) in [6, 6.07) is 6.15. The summed E-state index contributed by atoms with van der Waals surface area (Å²) in [6.07, 6.45) is 4.46. The molecular formula is C18H25FN2O3S. The van der Waals surface area contributed by atoms with Crippen LogP contribution in [0.4, 0.5) is 4.39 Å². The Morgan fingerprint density at radius 2 is 1.72 bits per heavy atom. The van der Waals surface area contributed by atoms with Crippen molar-refractivity contribution in [2.45, 2.75) is 37.0 Å². The summed E-state index contributed by atoms with van der Waals surface area (Å²) in [5.41, 5.74) is 0.456. The fraction of sp³-hybridized carbons (Fsp3) is 0.611. The van der Waals surface area contributed by atoms with Crippen molar-refractivity contribution in [2.24, 2.45) is 5.92 Å². The molecule has 2 fully saturated rings. The molecule has 2 aliphatic heterocycles. The Bertz CT molecular complexity index is 700. The standard InChI is InChI=1S/C18H25FN2O3S/c19-13-15-5-4-10-20(14-15)18(22)16-6-8-17(9-7-16)25(23,24)21-11-2-1-3-12-21/h6-9,15H,1-5,10-14H2. The molecule has 0 radical (unpaired) electrons. The third kappa shape index (κ3) is 4.03. The summed E-state index contributed by atoms with van der Waals surface area (Å²) in [4.78, 5) is 14.5. The molecule has 5 nitrogen and oxygen atoms in total. The van der Waals surface area contributed by atoms with E-state index < -0.39 is 16.7 Å². The first kappa shape index (κ1) is 18.3. The topological polar surface area (TPSA) is 57.7 Å². The van der Waals surface area contributed by atoms with Crippen LogP contribution in [-0.2, 0) is 10.0 Å². The van der Waals surface area contributed by atoms with Gasteiger partial charge in [0.25, 0.3) is 5.91 Å². The first-order valence-corrected chi connectivity index (χ1v) is 10.4. The fourth-order valence-electron chi connectivity index (χ4n) is 3.58. The Balaban J connectivity index is 1.72. The smallest absolute Gasteiger partial charge is 0.253 e. The second-order valence-corrected chi connectivity index (χ2v) is 8.84. The zero-order valence-electron chi connectivity index (χ0n) is 14.4. The highest BCUT2D eigenvalue weighted by Crippen LogP contribution is 2.23. The largest absolute Gasteiger partial charge is 0.338 e. The van der Waals surface area contributed by atoms with Gasteiger partial charge in [0.05, 0.1) is 11.6 Å². The van der Waals surface area contributed by atoms with Gasteiger partial charge in [-0.1, -0.05) is 6.42 Å². The average Bonchev–Trinajstić information content (AvgIpc) is 2.68. The summed E-state index contributed by atoms with van der Waals surface area (Å²) in [7, 11) is -3.48. The fourth-order valence-corrected chi connectivity index (χ4v) is 5.10. The van der Waals surface area contributed by atoms with Gasteiger partial charge in [0.2, 0.25) is 10.0 Å². The molecule has 1 aromatic rings. The minimum atomic E-state index is -3.48. The number of sulfonamides is 1. The first-order chi connectivity index (χ1) is 12.0. The Kier molecular flexibility index (Phi) is 5.74. The number of piperidine rings is 2. The number of amides is 1. The van der Waals surface area contributed by atoms with E-state index in [-0.39, 0.29) is 16.7 Å².